The normalized spacial score (nSPS) is 10.1. The summed E-state index contributed by atoms with van der Waals surface area (Å²) in [6.07, 6.45) is 1.05. The van der Waals surface area contributed by atoms with E-state index in [2.05, 4.69) is 5.32 Å². The molecule has 0 heterocycles. The Hall–Kier alpha value is -2.82. The van der Waals surface area contributed by atoms with Crippen molar-refractivity contribution in [3.63, 3.8) is 0 Å². The highest BCUT2D eigenvalue weighted by atomic mass is 16.5. The van der Waals surface area contributed by atoms with Crippen molar-refractivity contribution in [3.05, 3.63) is 60.2 Å². The van der Waals surface area contributed by atoms with Crippen LogP contribution in [0.1, 0.15) is 12.0 Å². The molecule has 2 amide bonds. The van der Waals surface area contributed by atoms with Crippen molar-refractivity contribution < 1.29 is 14.3 Å². The molecule has 0 atom stereocenters. The molecule has 2 rings (SSSR count). The Bertz CT molecular complexity index is 686. The fraction of sp³-hybridized carbons (Fsp3) is 0.263. The number of nitrogens with zero attached hydrogens (tertiary/aromatic N) is 1. The summed E-state index contributed by atoms with van der Waals surface area (Å²) in [6, 6.07) is 16.9. The van der Waals surface area contributed by atoms with Gasteiger partial charge in [-0.05, 0) is 24.1 Å². The number of carbonyl (C=O) groups excluding carboxylic acids is 2. The molecule has 0 aromatic heterocycles. The van der Waals surface area contributed by atoms with Crippen molar-refractivity contribution in [3.8, 4) is 5.75 Å². The smallest absolute Gasteiger partial charge is 0.243 e. The largest absolute Gasteiger partial charge is 0.497 e. The first-order valence-electron chi connectivity index (χ1n) is 7.80. The van der Waals surface area contributed by atoms with E-state index in [9.17, 15) is 9.59 Å². The minimum Gasteiger partial charge on any atom is -0.497 e. The molecule has 0 fully saturated rings. The number of ether oxygens (including phenoxy) is 1. The summed E-state index contributed by atoms with van der Waals surface area (Å²) in [4.78, 5) is 25.6. The average molecular weight is 326 g/mol. The number of benzene rings is 2. The number of likely N-dealkylation sites (N-methyl/N-ethyl adjacent to an activating group) is 1. The quantitative estimate of drug-likeness (QED) is 0.851. The molecule has 0 spiro atoms. The predicted octanol–water partition coefficient (Wildman–Crippen LogP) is 2.72. The number of hydrogen-bond acceptors (Lipinski definition) is 3. The SMILES string of the molecule is COc1cccc(NC(=O)CN(C)C(=O)CCc2ccccc2)c1. The predicted molar refractivity (Wildman–Crippen MR) is 94.0 cm³/mol. The monoisotopic (exact) mass is 326 g/mol. The first-order chi connectivity index (χ1) is 11.6. The number of methoxy groups -OCH3 is 1. The maximum atomic E-state index is 12.1. The first-order valence-corrected chi connectivity index (χ1v) is 7.80. The summed E-state index contributed by atoms with van der Waals surface area (Å²) in [5.74, 6) is 0.374. The van der Waals surface area contributed by atoms with Crippen molar-refractivity contribution in [1.82, 2.24) is 4.90 Å². The lowest BCUT2D eigenvalue weighted by Crippen LogP contribution is -2.35. The van der Waals surface area contributed by atoms with Gasteiger partial charge in [-0.15, -0.1) is 0 Å². The molecule has 1 N–H and O–H groups in total. The van der Waals surface area contributed by atoms with Gasteiger partial charge < -0.3 is 15.0 Å². The van der Waals surface area contributed by atoms with Crippen molar-refractivity contribution >= 4 is 17.5 Å². The fourth-order valence-corrected chi connectivity index (χ4v) is 2.29. The number of carbonyl (C=O) groups is 2. The molecule has 0 aliphatic heterocycles. The number of hydrogen-bond donors (Lipinski definition) is 1. The van der Waals surface area contributed by atoms with E-state index >= 15 is 0 Å². The molecule has 2 aromatic carbocycles. The third-order valence-corrected chi connectivity index (χ3v) is 3.63. The number of rotatable bonds is 7. The highest BCUT2D eigenvalue weighted by Crippen LogP contribution is 2.16. The summed E-state index contributed by atoms with van der Waals surface area (Å²) >= 11 is 0. The van der Waals surface area contributed by atoms with Gasteiger partial charge in [0.2, 0.25) is 11.8 Å². The molecule has 0 saturated carbocycles. The highest BCUT2D eigenvalue weighted by Gasteiger charge is 2.13. The standard InChI is InChI=1S/C19H22N2O3/c1-21(19(23)12-11-15-7-4-3-5-8-15)14-18(22)20-16-9-6-10-17(13-16)24-2/h3-10,13H,11-12,14H2,1-2H3,(H,20,22). The van der Waals surface area contributed by atoms with Crippen LogP contribution in [0, 0.1) is 0 Å². The number of nitrogens with one attached hydrogen (secondary N) is 1. The van der Waals surface area contributed by atoms with Gasteiger partial charge in [-0.25, -0.2) is 0 Å². The Balaban J connectivity index is 1.80. The zero-order chi connectivity index (χ0) is 17.4. The fourth-order valence-electron chi connectivity index (χ4n) is 2.29. The molecule has 2 aromatic rings. The van der Waals surface area contributed by atoms with E-state index in [-0.39, 0.29) is 18.4 Å². The van der Waals surface area contributed by atoms with Gasteiger partial charge in [-0.2, -0.15) is 0 Å². The second-order valence-corrected chi connectivity index (χ2v) is 5.52. The molecule has 0 unspecified atom stereocenters. The van der Waals surface area contributed by atoms with Crippen LogP contribution < -0.4 is 10.1 Å². The van der Waals surface area contributed by atoms with E-state index in [1.807, 2.05) is 30.3 Å². The lowest BCUT2D eigenvalue weighted by molar-refractivity contribution is -0.133. The molecule has 0 aliphatic rings. The Morgan fingerprint density at radius 3 is 2.54 bits per heavy atom. The van der Waals surface area contributed by atoms with Crippen molar-refractivity contribution in [2.24, 2.45) is 0 Å². The van der Waals surface area contributed by atoms with Gasteiger partial charge in [0.05, 0.1) is 13.7 Å². The van der Waals surface area contributed by atoms with E-state index in [1.54, 1.807) is 38.4 Å². The summed E-state index contributed by atoms with van der Waals surface area (Å²) in [7, 11) is 3.21. The summed E-state index contributed by atoms with van der Waals surface area (Å²) in [5, 5.41) is 2.76. The minimum absolute atomic E-state index is 0.0187. The van der Waals surface area contributed by atoms with Crippen LogP contribution in [-0.2, 0) is 16.0 Å². The molecule has 0 aliphatic carbocycles. The van der Waals surface area contributed by atoms with Crippen LogP contribution >= 0.6 is 0 Å². The first kappa shape index (κ1) is 17.5. The van der Waals surface area contributed by atoms with Crippen LogP contribution in [0.4, 0.5) is 5.69 Å². The molecule has 5 nitrogen and oxygen atoms in total. The van der Waals surface area contributed by atoms with E-state index in [0.29, 0.717) is 24.3 Å². The van der Waals surface area contributed by atoms with Gasteiger partial charge in [-0.1, -0.05) is 36.4 Å². The number of aryl methyl sites for hydroxylation is 1. The van der Waals surface area contributed by atoms with E-state index in [1.165, 1.54) is 4.90 Å². The third-order valence-electron chi connectivity index (χ3n) is 3.63. The molecular formula is C19H22N2O3. The molecule has 24 heavy (non-hydrogen) atoms. The van der Waals surface area contributed by atoms with Gasteiger partial charge in [0.15, 0.2) is 0 Å². The van der Waals surface area contributed by atoms with Gasteiger partial charge in [0, 0.05) is 25.2 Å². The molecule has 5 heteroatoms. The molecule has 0 radical (unpaired) electrons. The van der Waals surface area contributed by atoms with Crippen LogP contribution in [0.15, 0.2) is 54.6 Å². The van der Waals surface area contributed by atoms with Crippen LogP contribution in [0.2, 0.25) is 0 Å². The summed E-state index contributed by atoms with van der Waals surface area (Å²) < 4.78 is 5.11. The van der Waals surface area contributed by atoms with Crippen molar-refractivity contribution in [2.45, 2.75) is 12.8 Å². The minimum atomic E-state index is -0.237. The Morgan fingerprint density at radius 2 is 1.83 bits per heavy atom. The average Bonchev–Trinajstić information content (AvgIpc) is 2.60. The maximum Gasteiger partial charge on any atom is 0.243 e. The Morgan fingerprint density at radius 1 is 1.08 bits per heavy atom. The lowest BCUT2D eigenvalue weighted by atomic mass is 10.1. The third kappa shape index (κ3) is 5.43. The second kappa shape index (κ2) is 8.72. The topological polar surface area (TPSA) is 58.6 Å². The molecule has 0 bridgehead atoms. The Labute approximate surface area is 142 Å². The van der Waals surface area contributed by atoms with E-state index in [0.717, 1.165) is 5.56 Å². The maximum absolute atomic E-state index is 12.1. The molecule has 0 saturated heterocycles. The highest BCUT2D eigenvalue weighted by molar-refractivity contribution is 5.94. The van der Waals surface area contributed by atoms with Gasteiger partial charge in [0.25, 0.3) is 0 Å². The second-order valence-electron chi connectivity index (χ2n) is 5.52. The van der Waals surface area contributed by atoms with Crippen molar-refractivity contribution in [2.75, 3.05) is 26.0 Å². The number of amides is 2. The van der Waals surface area contributed by atoms with Gasteiger partial charge in [0.1, 0.15) is 5.75 Å². The number of anilines is 1. The molecule has 126 valence electrons. The van der Waals surface area contributed by atoms with Crippen LogP contribution in [0.3, 0.4) is 0 Å². The van der Waals surface area contributed by atoms with E-state index < -0.39 is 0 Å². The van der Waals surface area contributed by atoms with E-state index in [4.69, 9.17) is 4.74 Å². The van der Waals surface area contributed by atoms with Crippen LogP contribution in [0.5, 0.6) is 5.75 Å². The zero-order valence-electron chi connectivity index (χ0n) is 14.0. The van der Waals surface area contributed by atoms with Crippen LogP contribution in [0.25, 0.3) is 0 Å². The Kier molecular flexibility index (Phi) is 6.37. The molecular weight excluding hydrogens is 304 g/mol. The van der Waals surface area contributed by atoms with Gasteiger partial charge in [-0.3, -0.25) is 9.59 Å². The summed E-state index contributed by atoms with van der Waals surface area (Å²) in [5.41, 5.74) is 1.75. The van der Waals surface area contributed by atoms with Gasteiger partial charge >= 0.3 is 0 Å². The summed E-state index contributed by atoms with van der Waals surface area (Å²) in [6.45, 7) is 0.0187. The lowest BCUT2D eigenvalue weighted by Gasteiger charge is -2.17. The van der Waals surface area contributed by atoms with Crippen molar-refractivity contribution in [1.29, 1.82) is 0 Å². The van der Waals surface area contributed by atoms with Crippen LogP contribution in [-0.4, -0.2) is 37.4 Å². The zero-order valence-corrected chi connectivity index (χ0v) is 14.0.